The van der Waals surface area contributed by atoms with Crippen molar-refractivity contribution in [3.05, 3.63) is 29.8 Å². The second-order valence-corrected chi connectivity index (χ2v) is 4.32. The van der Waals surface area contributed by atoms with Gasteiger partial charge in [-0.2, -0.15) is 0 Å². The molecule has 0 unspecified atom stereocenters. The molecule has 0 fully saturated rings. The third-order valence-electron chi connectivity index (χ3n) is 2.57. The summed E-state index contributed by atoms with van der Waals surface area (Å²) >= 11 is 0. The minimum absolute atomic E-state index is 0.0527. The highest BCUT2D eigenvalue weighted by atomic mass is 19.1. The summed E-state index contributed by atoms with van der Waals surface area (Å²) in [6.45, 7) is 3.82. The van der Waals surface area contributed by atoms with Gasteiger partial charge in [0.05, 0.1) is 5.69 Å². The Balaban J connectivity index is 2.17. The van der Waals surface area contributed by atoms with E-state index in [0.29, 0.717) is 19.6 Å². The molecule has 20 heavy (non-hydrogen) atoms. The zero-order valence-electron chi connectivity index (χ0n) is 11.5. The lowest BCUT2D eigenvalue weighted by Crippen LogP contribution is -2.30. The van der Waals surface area contributed by atoms with Crippen LogP contribution in [0.4, 0.5) is 19.3 Å². The van der Waals surface area contributed by atoms with Crippen LogP contribution in [0.15, 0.2) is 18.2 Å². The first-order valence-corrected chi connectivity index (χ1v) is 6.71. The lowest BCUT2D eigenvalue weighted by Gasteiger charge is -2.08. The highest BCUT2D eigenvalue weighted by Gasteiger charge is 2.07. The van der Waals surface area contributed by atoms with Crippen LogP contribution in [-0.4, -0.2) is 25.8 Å². The van der Waals surface area contributed by atoms with Crippen LogP contribution in [0.2, 0.25) is 0 Å². The fourth-order valence-corrected chi connectivity index (χ4v) is 1.48. The molecule has 0 bridgehead atoms. The Bertz CT molecular complexity index is 428. The second kappa shape index (κ2) is 9.25. The van der Waals surface area contributed by atoms with Gasteiger partial charge in [0.25, 0.3) is 0 Å². The van der Waals surface area contributed by atoms with Gasteiger partial charge in [0.1, 0.15) is 11.6 Å². The van der Waals surface area contributed by atoms with Crippen LogP contribution in [0, 0.1) is 11.6 Å². The van der Waals surface area contributed by atoms with Gasteiger partial charge in [0.2, 0.25) is 0 Å². The predicted octanol–water partition coefficient (Wildman–Crippen LogP) is 3.29. The van der Waals surface area contributed by atoms with E-state index in [0.717, 1.165) is 31.6 Å². The van der Waals surface area contributed by atoms with Crippen LogP contribution >= 0.6 is 0 Å². The third kappa shape index (κ3) is 6.47. The minimum Gasteiger partial charge on any atom is -0.381 e. The number of hydrogen-bond acceptors (Lipinski definition) is 2. The molecule has 112 valence electrons. The Hall–Kier alpha value is -1.69. The minimum atomic E-state index is -0.803. The van der Waals surface area contributed by atoms with Crippen LogP contribution in [0.3, 0.4) is 0 Å². The van der Waals surface area contributed by atoms with Crippen molar-refractivity contribution in [1.82, 2.24) is 5.32 Å². The molecule has 0 aromatic heterocycles. The van der Waals surface area contributed by atoms with E-state index in [1.165, 1.54) is 6.07 Å². The van der Waals surface area contributed by atoms with E-state index < -0.39 is 17.7 Å². The van der Waals surface area contributed by atoms with Gasteiger partial charge in [-0.1, -0.05) is 13.3 Å². The maximum atomic E-state index is 13.3. The van der Waals surface area contributed by atoms with E-state index in [2.05, 4.69) is 17.6 Å². The number of carbonyl (C=O) groups is 1. The number of ether oxygens (including phenoxy) is 1. The molecule has 0 aliphatic heterocycles. The van der Waals surface area contributed by atoms with Crippen molar-refractivity contribution < 1.29 is 18.3 Å². The molecule has 6 heteroatoms. The number of unbranched alkanes of at least 4 members (excludes halogenated alkanes) is 1. The Morgan fingerprint density at radius 1 is 1.25 bits per heavy atom. The summed E-state index contributed by atoms with van der Waals surface area (Å²) in [5.74, 6) is -1.49. The number of halogens is 2. The first kappa shape index (κ1) is 16.4. The zero-order valence-corrected chi connectivity index (χ0v) is 11.5. The number of amides is 2. The first-order valence-electron chi connectivity index (χ1n) is 6.71. The van der Waals surface area contributed by atoms with Gasteiger partial charge in [-0.05, 0) is 25.0 Å². The standard InChI is InChI=1S/C14H20F2N2O2/c1-2-3-8-20-9-4-7-17-14(19)18-13-6-5-11(15)10-12(13)16/h5-6,10H,2-4,7-9H2,1H3,(H2,17,18,19). The molecule has 0 spiro atoms. The normalized spacial score (nSPS) is 10.3. The summed E-state index contributed by atoms with van der Waals surface area (Å²) in [4.78, 5) is 11.5. The Morgan fingerprint density at radius 2 is 2.00 bits per heavy atom. The summed E-state index contributed by atoms with van der Waals surface area (Å²) in [6, 6.07) is 2.46. The molecule has 1 rings (SSSR count). The van der Waals surface area contributed by atoms with E-state index in [9.17, 15) is 13.6 Å². The maximum absolute atomic E-state index is 13.3. The van der Waals surface area contributed by atoms with Crippen LogP contribution in [0.1, 0.15) is 26.2 Å². The van der Waals surface area contributed by atoms with E-state index in [1.54, 1.807) is 0 Å². The van der Waals surface area contributed by atoms with Crippen molar-refractivity contribution in [2.75, 3.05) is 25.1 Å². The second-order valence-electron chi connectivity index (χ2n) is 4.32. The van der Waals surface area contributed by atoms with Crippen LogP contribution in [-0.2, 0) is 4.74 Å². The summed E-state index contributed by atoms with van der Waals surface area (Å²) < 4.78 is 31.3. The van der Waals surface area contributed by atoms with Crippen molar-refractivity contribution >= 4 is 11.7 Å². The van der Waals surface area contributed by atoms with E-state index >= 15 is 0 Å². The van der Waals surface area contributed by atoms with E-state index in [1.807, 2.05) is 0 Å². The van der Waals surface area contributed by atoms with Crippen LogP contribution in [0.5, 0.6) is 0 Å². The predicted molar refractivity (Wildman–Crippen MR) is 73.7 cm³/mol. The van der Waals surface area contributed by atoms with Crippen molar-refractivity contribution in [2.45, 2.75) is 26.2 Å². The molecule has 0 saturated carbocycles. The quantitative estimate of drug-likeness (QED) is 0.720. The van der Waals surface area contributed by atoms with Gasteiger partial charge in [0.15, 0.2) is 0 Å². The molecule has 4 nitrogen and oxygen atoms in total. The molecule has 0 radical (unpaired) electrons. The topological polar surface area (TPSA) is 50.4 Å². The summed E-state index contributed by atoms with van der Waals surface area (Å²) in [5, 5.41) is 4.89. The highest BCUT2D eigenvalue weighted by molar-refractivity contribution is 5.89. The molecule has 1 aromatic rings. The number of anilines is 1. The molecule has 2 amide bonds. The zero-order chi connectivity index (χ0) is 14.8. The van der Waals surface area contributed by atoms with Crippen molar-refractivity contribution in [3.63, 3.8) is 0 Å². The number of benzene rings is 1. The molecule has 1 aromatic carbocycles. The number of urea groups is 1. The highest BCUT2D eigenvalue weighted by Crippen LogP contribution is 2.14. The van der Waals surface area contributed by atoms with Gasteiger partial charge in [-0.25, -0.2) is 13.6 Å². The van der Waals surface area contributed by atoms with Gasteiger partial charge in [-0.3, -0.25) is 0 Å². The SMILES string of the molecule is CCCCOCCCNC(=O)Nc1ccc(F)cc1F. The first-order chi connectivity index (χ1) is 9.63. The molecule has 0 aliphatic carbocycles. The van der Waals surface area contributed by atoms with Gasteiger partial charge >= 0.3 is 6.03 Å². The smallest absolute Gasteiger partial charge is 0.319 e. The summed E-state index contributed by atoms with van der Waals surface area (Å²) in [6.07, 6.45) is 2.80. The van der Waals surface area contributed by atoms with Crippen LogP contribution in [0.25, 0.3) is 0 Å². The lowest BCUT2D eigenvalue weighted by molar-refractivity contribution is 0.129. The largest absolute Gasteiger partial charge is 0.381 e. The fraction of sp³-hybridized carbons (Fsp3) is 0.500. The maximum Gasteiger partial charge on any atom is 0.319 e. The van der Waals surface area contributed by atoms with Crippen molar-refractivity contribution in [1.29, 1.82) is 0 Å². The average Bonchev–Trinajstić information content (AvgIpc) is 2.41. The average molecular weight is 286 g/mol. The summed E-state index contributed by atoms with van der Waals surface area (Å²) in [7, 11) is 0. The molecular formula is C14H20F2N2O2. The number of rotatable bonds is 8. The Labute approximate surface area is 117 Å². The Kier molecular flexibility index (Phi) is 7.57. The number of hydrogen-bond donors (Lipinski definition) is 2. The van der Waals surface area contributed by atoms with Crippen molar-refractivity contribution in [3.8, 4) is 0 Å². The van der Waals surface area contributed by atoms with E-state index in [4.69, 9.17) is 4.74 Å². The summed E-state index contributed by atoms with van der Waals surface area (Å²) in [5.41, 5.74) is -0.0527. The molecule has 2 N–H and O–H groups in total. The van der Waals surface area contributed by atoms with Gasteiger partial charge < -0.3 is 15.4 Å². The molecule has 0 atom stereocenters. The molecule has 0 saturated heterocycles. The van der Waals surface area contributed by atoms with Gasteiger partial charge in [-0.15, -0.1) is 0 Å². The number of carbonyl (C=O) groups excluding carboxylic acids is 1. The van der Waals surface area contributed by atoms with Crippen LogP contribution < -0.4 is 10.6 Å². The fourth-order valence-electron chi connectivity index (χ4n) is 1.48. The molecule has 0 aliphatic rings. The molecular weight excluding hydrogens is 266 g/mol. The van der Waals surface area contributed by atoms with Crippen molar-refractivity contribution in [2.24, 2.45) is 0 Å². The lowest BCUT2D eigenvalue weighted by atomic mass is 10.3. The van der Waals surface area contributed by atoms with E-state index in [-0.39, 0.29) is 5.69 Å². The molecule has 0 heterocycles. The number of nitrogens with one attached hydrogen (secondary N) is 2. The Morgan fingerprint density at radius 3 is 2.70 bits per heavy atom. The van der Waals surface area contributed by atoms with Gasteiger partial charge in [0, 0.05) is 25.8 Å². The third-order valence-corrected chi connectivity index (χ3v) is 2.57. The monoisotopic (exact) mass is 286 g/mol.